The van der Waals surface area contributed by atoms with Crippen LogP contribution in [0, 0.1) is 0 Å². The maximum Gasteiger partial charge on any atom is 0.287 e. The minimum atomic E-state index is -0.291. The molecule has 2 fully saturated rings. The van der Waals surface area contributed by atoms with Crippen LogP contribution in [0.25, 0.3) is 0 Å². The summed E-state index contributed by atoms with van der Waals surface area (Å²) in [7, 11) is 0. The molecule has 1 N–H and O–H groups in total. The molecule has 1 atom stereocenters. The maximum absolute atomic E-state index is 11.8. The third-order valence-electron chi connectivity index (χ3n) is 3.71. The number of nitrogens with zero attached hydrogens (tertiary/aromatic N) is 2. The number of halogens is 1. The minimum Gasteiger partial charge on any atom is -0.375 e. The number of nitrogens with one attached hydrogen (secondary N) is 1. The second-order valence-electron chi connectivity index (χ2n) is 4.68. The summed E-state index contributed by atoms with van der Waals surface area (Å²) in [6.45, 7) is 4.41. The summed E-state index contributed by atoms with van der Waals surface area (Å²) in [4.78, 5) is 13.9. The number of hydrogen-bond donors (Lipinski definition) is 1. The highest BCUT2D eigenvalue weighted by Gasteiger charge is 2.50. The number of morpholine rings is 1. The number of ether oxygens (including phenoxy) is 2. The van der Waals surface area contributed by atoms with E-state index in [-0.39, 0.29) is 22.4 Å². The van der Waals surface area contributed by atoms with Gasteiger partial charge in [0.2, 0.25) is 0 Å². The van der Waals surface area contributed by atoms with Crippen molar-refractivity contribution in [1.29, 1.82) is 0 Å². The molecule has 1 aromatic heterocycles. The second kappa shape index (κ2) is 4.22. The molecule has 0 amide bonds. The fraction of sp³-hybridized carbons (Fsp3) is 0.636. The molecule has 0 bridgehead atoms. The van der Waals surface area contributed by atoms with Gasteiger partial charge in [-0.3, -0.25) is 4.79 Å². The number of hydrogen-bond acceptors (Lipinski definition) is 5. The van der Waals surface area contributed by atoms with E-state index in [1.54, 1.807) is 6.07 Å². The average molecular weight is 272 g/mol. The van der Waals surface area contributed by atoms with Crippen molar-refractivity contribution in [2.45, 2.75) is 18.6 Å². The fourth-order valence-corrected chi connectivity index (χ4v) is 2.63. The smallest absolute Gasteiger partial charge is 0.287 e. The van der Waals surface area contributed by atoms with E-state index in [0.717, 1.165) is 0 Å². The molecule has 0 aromatic carbocycles. The van der Waals surface area contributed by atoms with E-state index in [4.69, 9.17) is 21.1 Å². The van der Waals surface area contributed by atoms with Crippen LogP contribution in [0.1, 0.15) is 6.92 Å². The maximum atomic E-state index is 11.8. The Morgan fingerprint density at radius 3 is 3.06 bits per heavy atom. The van der Waals surface area contributed by atoms with Crippen molar-refractivity contribution in [3.05, 3.63) is 21.6 Å². The fourth-order valence-electron chi connectivity index (χ4n) is 2.49. The van der Waals surface area contributed by atoms with Crippen LogP contribution >= 0.6 is 11.6 Å². The molecule has 2 saturated heterocycles. The summed E-state index contributed by atoms with van der Waals surface area (Å²) in [5, 5.41) is 6.35. The van der Waals surface area contributed by atoms with E-state index in [2.05, 4.69) is 10.2 Å². The van der Waals surface area contributed by atoms with Crippen molar-refractivity contribution in [3.63, 3.8) is 0 Å². The largest absolute Gasteiger partial charge is 0.375 e. The van der Waals surface area contributed by atoms with Gasteiger partial charge in [-0.2, -0.15) is 5.10 Å². The Bertz CT molecular complexity index is 515. The number of aromatic nitrogens is 2. The molecule has 0 radical (unpaired) electrons. The standard InChI is InChI=1S/C11H14ClN3O3/c1-7-11(5-17-6-11)18-3-2-15(7)8-4-9(12)13-14-10(8)16/h4,7H,2-3,5-6H2,1H3,(H,14,16). The Kier molecular flexibility index (Phi) is 2.80. The van der Waals surface area contributed by atoms with Gasteiger partial charge in [0.25, 0.3) is 5.56 Å². The quantitative estimate of drug-likeness (QED) is 0.802. The number of anilines is 1. The first-order valence-corrected chi connectivity index (χ1v) is 6.24. The van der Waals surface area contributed by atoms with Crippen LogP contribution < -0.4 is 10.5 Å². The van der Waals surface area contributed by atoms with Crippen molar-refractivity contribution < 1.29 is 9.47 Å². The van der Waals surface area contributed by atoms with Gasteiger partial charge in [-0.15, -0.1) is 0 Å². The van der Waals surface area contributed by atoms with Crippen LogP contribution in [0.15, 0.2) is 10.9 Å². The van der Waals surface area contributed by atoms with Crippen molar-refractivity contribution >= 4 is 17.3 Å². The van der Waals surface area contributed by atoms with E-state index in [0.29, 0.717) is 32.1 Å². The van der Waals surface area contributed by atoms with E-state index < -0.39 is 0 Å². The summed E-state index contributed by atoms with van der Waals surface area (Å²) in [6, 6.07) is 1.66. The van der Waals surface area contributed by atoms with Gasteiger partial charge in [0.15, 0.2) is 5.15 Å². The molecule has 6 nitrogen and oxygen atoms in total. The first-order valence-electron chi connectivity index (χ1n) is 5.86. The lowest BCUT2D eigenvalue weighted by Gasteiger charge is -2.53. The van der Waals surface area contributed by atoms with Gasteiger partial charge in [0, 0.05) is 12.6 Å². The third kappa shape index (κ3) is 1.72. The molecule has 1 aromatic rings. The molecular weight excluding hydrogens is 258 g/mol. The van der Waals surface area contributed by atoms with Gasteiger partial charge in [0.1, 0.15) is 11.3 Å². The second-order valence-corrected chi connectivity index (χ2v) is 5.07. The highest BCUT2D eigenvalue weighted by Crippen LogP contribution is 2.34. The molecule has 3 heterocycles. The minimum absolute atomic E-state index is 0.0690. The lowest BCUT2D eigenvalue weighted by molar-refractivity contribution is -0.228. The van der Waals surface area contributed by atoms with Crippen LogP contribution in [0.3, 0.4) is 0 Å². The lowest BCUT2D eigenvalue weighted by atomic mass is 9.90. The zero-order chi connectivity index (χ0) is 12.8. The molecular formula is C11H14ClN3O3. The lowest BCUT2D eigenvalue weighted by Crippen LogP contribution is -2.68. The SMILES string of the molecule is CC1N(c2cc(Cl)n[nH]c2=O)CCOC12COC2. The van der Waals surface area contributed by atoms with Gasteiger partial charge in [-0.25, -0.2) is 5.10 Å². The summed E-state index contributed by atoms with van der Waals surface area (Å²) in [6.07, 6.45) is 0. The van der Waals surface area contributed by atoms with Gasteiger partial charge in [-0.1, -0.05) is 11.6 Å². The number of rotatable bonds is 1. The number of aromatic amines is 1. The first kappa shape index (κ1) is 12.0. The summed E-state index contributed by atoms with van der Waals surface area (Å²) >= 11 is 5.84. The molecule has 3 rings (SSSR count). The molecule has 7 heteroatoms. The molecule has 2 aliphatic rings. The average Bonchev–Trinajstić information content (AvgIpc) is 2.31. The highest BCUT2D eigenvalue weighted by atomic mass is 35.5. The van der Waals surface area contributed by atoms with E-state index >= 15 is 0 Å². The Morgan fingerprint density at radius 1 is 1.61 bits per heavy atom. The van der Waals surface area contributed by atoms with Crippen molar-refractivity contribution in [2.75, 3.05) is 31.3 Å². The molecule has 1 spiro atoms. The zero-order valence-corrected chi connectivity index (χ0v) is 10.7. The summed E-state index contributed by atoms with van der Waals surface area (Å²) in [5.74, 6) is 0. The Hall–Kier alpha value is -1.11. The van der Waals surface area contributed by atoms with Crippen LogP contribution in [-0.2, 0) is 9.47 Å². The van der Waals surface area contributed by atoms with Crippen molar-refractivity contribution in [1.82, 2.24) is 10.2 Å². The van der Waals surface area contributed by atoms with E-state index in [1.807, 2.05) is 11.8 Å². The van der Waals surface area contributed by atoms with E-state index in [9.17, 15) is 4.79 Å². The molecule has 1 unspecified atom stereocenters. The van der Waals surface area contributed by atoms with Gasteiger partial charge < -0.3 is 14.4 Å². The van der Waals surface area contributed by atoms with Gasteiger partial charge >= 0.3 is 0 Å². The van der Waals surface area contributed by atoms with Gasteiger partial charge in [-0.05, 0) is 6.92 Å². The van der Waals surface area contributed by atoms with Crippen LogP contribution in [-0.4, -0.2) is 48.2 Å². The van der Waals surface area contributed by atoms with E-state index in [1.165, 1.54) is 0 Å². The monoisotopic (exact) mass is 271 g/mol. The molecule has 98 valence electrons. The summed E-state index contributed by atoms with van der Waals surface area (Å²) < 4.78 is 11.1. The van der Waals surface area contributed by atoms with Crippen molar-refractivity contribution in [2.24, 2.45) is 0 Å². The Morgan fingerprint density at radius 2 is 2.39 bits per heavy atom. The third-order valence-corrected chi connectivity index (χ3v) is 3.90. The van der Waals surface area contributed by atoms with Crippen LogP contribution in [0.2, 0.25) is 5.15 Å². The first-order chi connectivity index (χ1) is 8.62. The number of H-pyrrole nitrogens is 1. The van der Waals surface area contributed by atoms with Crippen LogP contribution in [0.4, 0.5) is 5.69 Å². The topological polar surface area (TPSA) is 67.5 Å². The highest BCUT2D eigenvalue weighted by molar-refractivity contribution is 6.29. The zero-order valence-electron chi connectivity index (χ0n) is 9.98. The summed E-state index contributed by atoms with van der Waals surface area (Å²) in [5.41, 5.74) is 0.0149. The molecule has 2 aliphatic heterocycles. The predicted molar refractivity (Wildman–Crippen MR) is 66.2 cm³/mol. The normalized spacial score (nSPS) is 26.1. The molecule has 0 saturated carbocycles. The Labute approximate surface area is 109 Å². The predicted octanol–water partition coefficient (Wildman–Crippen LogP) is 0.417. The van der Waals surface area contributed by atoms with Gasteiger partial charge in [0.05, 0.1) is 25.9 Å². The molecule has 0 aliphatic carbocycles. The van der Waals surface area contributed by atoms with Crippen LogP contribution in [0.5, 0.6) is 0 Å². The van der Waals surface area contributed by atoms with Crippen molar-refractivity contribution in [3.8, 4) is 0 Å². The molecule has 18 heavy (non-hydrogen) atoms. The Balaban J connectivity index is 1.95.